The lowest BCUT2D eigenvalue weighted by molar-refractivity contribution is 0.475. The molecule has 27 heavy (non-hydrogen) atoms. The van der Waals surface area contributed by atoms with Gasteiger partial charge in [-0.05, 0) is 36.2 Å². The molecule has 7 heteroatoms. The van der Waals surface area contributed by atoms with E-state index in [9.17, 15) is 4.39 Å². The quantitative estimate of drug-likeness (QED) is 0.344. The van der Waals surface area contributed by atoms with Gasteiger partial charge in [-0.25, -0.2) is 9.37 Å². The lowest BCUT2D eigenvalue weighted by Gasteiger charge is -2.22. The van der Waals surface area contributed by atoms with Gasteiger partial charge in [0, 0.05) is 46.0 Å². The number of nitrogens with zero attached hydrogens (tertiary/aromatic N) is 4. The van der Waals surface area contributed by atoms with E-state index in [1.807, 2.05) is 30.3 Å². The number of nitrogens with one attached hydrogen (secondary N) is 1. The molecule has 0 fully saturated rings. The van der Waals surface area contributed by atoms with Gasteiger partial charge in [-0.3, -0.25) is 4.99 Å². The molecule has 2 aromatic heterocycles. The third kappa shape index (κ3) is 5.41. The molecule has 0 aliphatic rings. The second-order valence-corrected chi connectivity index (χ2v) is 6.36. The molecule has 0 saturated carbocycles. The Balaban J connectivity index is 0.00000261. The summed E-state index contributed by atoms with van der Waals surface area (Å²) in [6.07, 6.45) is 4.87. The monoisotopic (exact) mass is 481 g/mol. The van der Waals surface area contributed by atoms with Crippen molar-refractivity contribution in [2.24, 2.45) is 4.99 Å². The number of benzene rings is 1. The van der Waals surface area contributed by atoms with Crippen molar-refractivity contribution in [3.05, 3.63) is 71.4 Å². The molecule has 0 spiro atoms. The second-order valence-electron chi connectivity index (χ2n) is 6.36. The molecule has 3 rings (SSSR count). The van der Waals surface area contributed by atoms with Crippen molar-refractivity contribution >= 4 is 35.6 Å². The summed E-state index contributed by atoms with van der Waals surface area (Å²) in [6, 6.07) is 10.7. The van der Waals surface area contributed by atoms with Gasteiger partial charge in [-0.1, -0.05) is 18.2 Å². The minimum atomic E-state index is -0.221. The summed E-state index contributed by atoms with van der Waals surface area (Å²) in [5.41, 5.74) is 4.11. The van der Waals surface area contributed by atoms with E-state index in [1.165, 1.54) is 6.07 Å². The Bertz CT molecular complexity index is 922. The van der Waals surface area contributed by atoms with Crippen LogP contribution in [0.2, 0.25) is 0 Å². The maximum absolute atomic E-state index is 13.3. The van der Waals surface area contributed by atoms with Gasteiger partial charge in [-0.2, -0.15) is 0 Å². The van der Waals surface area contributed by atoms with Crippen molar-refractivity contribution in [1.29, 1.82) is 0 Å². The number of hydrogen-bond donors (Lipinski definition) is 1. The van der Waals surface area contributed by atoms with Gasteiger partial charge in [0.1, 0.15) is 11.5 Å². The molecule has 144 valence electrons. The topological polar surface area (TPSA) is 44.9 Å². The first-order valence-electron chi connectivity index (χ1n) is 8.66. The average Bonchev–Trinajstić information content (AvgIpc) is 3.03. The number of rotatable bonds is 5. The Hall–Kier alpha value is -2.16. The van der Waals surface area contributed by atoms with E-state index in [1.54, 1.807) is 19.2 Å². The van der Waals surface area contributed by atoms with Crippen LogP contribution in [0.5, 0.6) is 0 Å². The molecule has 1 aromatic carbocycles. The zero-order valence-electron chi connectivity index (χ0n) is 15.8. The van der Waals surface area contributed by atoms with Crippen LogP contribution in [0.1, 0.15) is 16.8 Å². The number of guanidine groups is 1. The minimum Gasteiger partial charge on any atom is -0.356 e. The standard InChI is InChI=1S/C20H24FN5.HI/c1-15-6-5-11-26-14-18(24-19(15)26)9-10-23-20(22-2)25(3)13-16-7-4-8-17(21)12-16;/h4-8,11-12,14H,9-10,13H2,1-3H3,(H,22,23);1H. The van der Waals surface area contributed by atoms with Crippen molar-refractivity contribution in [3.8, 4) is 0 Å². The molecule has 3 aromatic rings. The second kappa shape index (κ2) is 9.68. The van der Waals surface area contributed by atoms with Crippen molar-refractivity contribution in [2.75, 3.05) is 20.6 Å². The van der Waals surface area contributed by atoms with Crippen molar-refractivity contribution in [2.45, 2.75) is 19.9 Å². The van der Waals surface area contributed by atoms with Crippen LogP contribution < -0.4 is 5.32 Å². The summed E-state index contributed by atoms with van der Waals surface area (Å²) < 4.78 is 15.4. The van der Waals surface area contributed by atoms with E-state index in [4.69, 9.17) is 0 Å². The number of pyridine rings is 1. The van der Waals surface area contributed by atoms with Gasteiger partial charge >= 0.3 is 0 Å². The molecule has 1 N–H and O–H groups in total. The van der Waals surface area contributed by atoms with Crippen molar-refractivity contribution in [3.63, 3.8) is 0 Å². The maximum Gasteiger partial charge on any atom is 0.193 e. The highest BCUT2D eigenvalue weighted by Crippen LogP contribution is 2.10. The molecule has 5 nitrogen and oxygen atoms in total. The van der Waals surface area contributed by atoms with E-state index >= 15 is 0 Å². The highest BCUT2D eigenvalue weighted by atomic mass is 127. The van der Waals surface area contributed by atoms with Crippen LogP contribution in [0.3, 0.4) is 0 Å². The molecule has 0 atom stereocenters. The number of fused-ring (bicyclic) bond motifs is 1. The van der Waals surface area contributed by atoms with Crippen LogP contribution in [0.25, 0.3) is 5.65 Å². The van der Waals surface area contributed by atoms with E-state index < -0.39 is 0 Å². The van der Waals surface area contributed by atoms with Gasteiger partial charge in [0.2, 0.25) is 0 Å². The summed E-state index contributed by atoms with van der Waals surface area (Å²) in [5, 5.41) is 3.34. The van der Waals surface area contributed by atoms with Gasteiger partial charge < -0.3 is 14.6 Å². The van der Waals surface area contributed by atoms with Gasteiger partial charge in [0.05, 0.1) is 5.69 Å². The van der Waals surface area contributed by atoms with E-state index in [0.717, 1.165) is 41.4 Å². The fourth-order valence-electron chi connectivity index (χ4n) is 3.00. The number of hydrogen-bond acceptors (Lipinski definition) is 2. The molecule has 0 unspecified atom stereocenters. The molecule has 0 aliphatic heterocycles. The Labute approximate surface area is 176 Å². The van der Waals surface area contributed by atoms with Crippen LogP contribution in [-0.2, 0) is 13.0 Å². The highest BCUT2D eigenvalue weighted by molar-refractivity contribution is 14.0. The van der Waals surface area contributed by atoms with Crippen LogP contribution in [0, 0.1) is 12.7 Å². The molecule has 0 amide bonds. The molecule has 0 aliphatic carbocycles. The van der Waals surface area contributed by atoms with Gasteiger partial charge in [0.25, 0.3) is 0 Å². The molecule has 2 heterocycles. The van der Waals surface area contributed by atoms with E-state index in [0.29, 0.717) is 6.54 Å². The van der Waals surface area contributed by atoms with Crippen molar-refractivity contribution in [1.82, 2.24) is 19.6 Å². The average molecular weight is 481 g/mol. The lowest BCUT2D eigenvalue weighted by Crippen LogP contribution is -2.39. The number of aliphatic imine (C=N–C) groups is 1. The largest absolute Gasteiger partial charge is 0.356 e. The predicted octanol–water partition coefficient (Wildman–Crippen LogP) is 3.65. The molecule has 0 bridgehead atoms. The van der Waals surface area contributed by atoms with Crippen molar-refractivity contribution < 1.29 is 4.39 Å². The predicted molar refractivity (Wildman–Crippen MR) is 118 cm³/mol. The summed E-state index contributed by atoms with van der Waals surface area (Å²) in [6.45, 7) is 3.38. The smallest absolute Gasteiger partial charge is 0.193 e. The van der Waals surface area contributed by atoms with Gasteiger partial charge in [-0.15, -0.1) is 24.0 Å². The first-order chi connectivity index (χ1) is 12.6. The van der Waals surface area contributed by atoms with Crippen LogP contribution in [0.4, 0.5) is 4.39 Å². The summed E-state index contributed by atoms with van der Waals surface area (Å²) in [7, 11) is 3.69. The fourth-order valence-corrected chi connectivity index (χ4v) is 3.00. The summed E-state index contributed by atoms with van der Waals surface area (Å²) in [5.74, 6) is 0.551. The van der Waals surface area contributed by atoms with Gasteiger partial charge in [0.15, 0.2) is 5.96 Å². The molecular formula is C20H25FIN5. The SMILES string of the molecule is CN=C(NCCc1cn2cccc(C)c2n1)N(C)Cc1cccc(F)c1.I. The third-order valence-corrected chi connectivity index (χ3v) is 4.27. The molecule has 0 saturated heterocycles. The van der Waals surface area contributed by atoms with E-state index in [-0.39, 0.29) is 29.8 Å². The minimum absolute atomic E-state index is 0. The zero-order chi connectivity index (χ0) is 18.5. The number of imidazole rings is 1. The first-order valence-corrected chi connectivity index (χ1v) is 8.66. The van der Waals surface area contributed by atoms with Crippen LogP contribution in [0.15, 0.2) is 53.8 Å². The summed E-state index contributed by atoms with van der Waals surface area (Å²) >= 11 is 0. The number of aryl methyl sites for hydroxylation is 1. The Morgan fingerprint density at radius 1 is 1.30 bits per heavy atom. The summed E-state index contributed by atoms with van der Waals surface area (Å²) in [4.78, 5) is 11.0. The van der Waals surface area contributed by atoms with Crippen LogP contribution >= 0.6 is 24.0 Å². The van der Waals surface area contributed by atoms with E-state index in [2.05, 4.69) is 38.9 Å². The normalized spacial score (nSPS) is 11.3. The lowest BCUT2D eigenvalue weighted by atomic mass is 10.2. The molecule has 0 radical (unpaired) electrons. The fraction of sp³-hybridized carbons (Fsp3) is 0.300. The zero-order valence-corrected chi connectivity index (χ0v) is 18.1. The third-order valence-electron chi connectivity index (χ3n) is 4.27. The Morgan fingerprint density at radius 2 is 2.11 bits per heavy atom. The molecular weight excluding hydrogens is 456 g/mol. The van der Waals surface area contributed by atoms with Crippen LogP contribution in [-0.4, -0.2) is 40.9 Å². The number of halogens is 2. The Morgan fingerprint density at radius 3 is 2.81 bits per heavy atom. The highest BCUT2D eigenvalue weighted by Gasteiger charge is 2.08. The first kappa shape index (κ1) is 21.1. The maximum atomic E-state index is 13.3. The Kier molecular flexibility index (Phi) is 7.58. The number of aromatic nitrogens is 2.